The van der Waals surface area contributed by atoms with Crippen molar-refractivity contribution in [3.63, 3.8) is 0 Å². The Morgan fingerprint density at radius 3 is 3.17 bits per heavy atom. The van der Waals surface area contributed by atoms with E-state index >= 15 is 0 Å². The second-order valence-electron chi connectivity index (χ2n) is 3.59. The van der Waals surface area contributed by atoms with E-state index in [1.807, 2.05) is 6.08 Å². The standard InChI is InChI=1S/C10H20N2/c1-3-4-5-7-12-8-6-11-10(2)9-12/h3,10-11H,1,4-9H2,2H3. The maximum atomic E-state index is 3.73. The van der Waals surface area contributed by atoms with E-state index in [0.29, 0.717) is 6.04 Å². The molecule has 1 fully saturated rings. The predicted octanol–water partition coefficient (Wildman–Crippen LogP) is 1.25. The average Bonchev–Trinajstić information content (AvgIpc) is 2.05. The molecule has 12 heavy (non-hydrogen) atoms. The summed E-state index contributed by atoms with van der Waals surface area (Å²) in [4.78, 5) is 2.53. The summed E-state index contributed by atoms with van der Waals surface area (Å²) in [6, 6.07) is 0.669. The average molecular weight is 168 g/mol. The van der Waals surface area contributed by atoms with Gasteiger partial charge < -0.3 is 10.2 Å². The van der Waals surface area contributed by atoms with E-state index in [2.05, 4.69) is 23.7 Å². The van der Waals surface area contributed by atoms with Crippen LogP contribution in [0.3, 0.4) is 0 Å². The fraction of sp³-hybridized carbons (Fsp3) is 0.800. The molecule has 1 aliphatic rings. The summed E-state index contributed by atoms with van der Waals surface area (Å²) in [6.07, 6.45) is 4.42. The molecule has 1 aliphatic heterocycles. The molecule has 1 saturated heterocycles. The molecule has 0 amide bonds. The third-order valence-corrected chi connectivity index (χ3v) is 2.34. The SMILES string of the molecule is C=CCCCN1CCNC(C)C1. The van der Waals surface area contributed by atoms with Gasteiger partial charge in [0.05, 0.1) is 0 Å². The van der Waals surface area contributed by atoms with E-state index in [9.17, 15) is 0 Å². The molecular weight excluding hydrogens is 148 g/mol. The summed E-state index contributed by atoms with van der Waals surface area (Å²) in [7, 11) is 0. The maximum Gasteiger partial charge on any atom is 0.0167 e. The van der Waals surface area contributed by atoms with Crippen LogP contribution in [-0.2, 0) is 0 Å². The number of hydrogen-bond donors (Lipinski definition) is 1. The first-order valence-corrected chi connectivity index (χ1v) is 4.89. The van der Waals surface area contributed by atoms with Gasteiger partial charge in [-0.15, -0.1) is 6.58 Å². The monoisotopic (exact) mass is 168 g/mol. The Labute approximate surface area is 75.6 Å². The van der Waals surface area contributed by atoms with Crippen molar-refractivity contribution in [1.29, 1.82) is 0 Å². The Morgan fingerprint density at radius 1 is 1.67 bits per heavy atom. The normalized spacial score (nSPS) is 25.6. The largest absolute Gasteiger partial charge is 0.312 e. The van der Waals surface area contributed by atoms with E-state index in [-0.39, 0.29) is 0 Å². The van der Waals surface area contributed by atoms with Crippen LogP contribution in [-0.4, -0.2) is 37.1 Å². The van der Waals surface area contributed by atoms with Crippen molar-refractivity contribution < 1.29 is 0 Å². The van der Waals surface area contributed by atoms with Crippen LogP contribution in [0, 0.1) is 0 Å². The minimum absolute atomic E-state index is 0.669. The minimum Gasteiger partial charge on any atom is -0.312 e. The molecule has 0 bridgehead atoms. The summed E-state index contributed by atoms with van der Waals surface area (Å²) in [5, 5.41) is 3.44. The molecule has 0 aromatic carbocycles. The van der Waals surface area contributed by atoms with E-state index < -0.39 is 0 Å². The number of unbranched alkanes of at least 4 members (excludes halogenated alkanes) is 1. The van der Waals surface area contributed by atoms with Crippen molar-refractivity contribution in [2.45, 2.75) is 25.8 Å². The highest BCUT2D eigenvalue weighted by Crippen LogP contribution is 2.01. The van der Waals surface area contributed by atoms with Gasteiger partial charge in [0.1, 0.15) is 0 Å². The van der Waals surface area contributed by atoms with E-state index in [1.165, 1.54) is 26.1 Å². The first-order chi connectivity index (χ1) is 5.83. The van der Waals surface area contributed by atoms with E-state index in [4.69, 9.17) is 0 Å². The highest BCUT2D eigenvalue weighted by atomic mass is 15.2. The summed E-state index contributed by atoms with van der Waals surface area (Å²) in [5.41, 5.74) is 0. The first kappa shape index (κ1) is 9.75. The summed E-state index contributed by atoms with van der Waals surface area (Å²) < 4.78 is 0. The lowest BCUT2D eigenvalue weighted by molar-refractivity contribution is 0.205. The minimum atomic E-state index is 0.669. The van der Waals surface area contributed by atoms with Crippen LogP contribution in [0.1, 0.15) is 19.8 Å². The predicted molar refractivity (Wildman–Crippen MR) is 53.3 cm³/mol. The van der Waals surface area contributed by atoms with Crippen LogP contribution < -0.4 is 5.32 Å². The second-order valence-corrected chi connectivity index (χ2v) is 3.59. The Balaban J connectivity index is 2.09. The molecule has 0 radical (unpaired) electrons. The van der Waals surface area contributed by atoms with Crippen LogP contribution in [0.5, 0.6) is 0 Å². The Bertz CT molecular complexity index is 134. The van der Waals surface area contributed by atoms with Crippen molar-refractivity contribution in [2.75, 3.05) is 26.2 Å². The topological polar surface area (TPSA) is 15.3 Å². The van der Waals surface area contributed by atoms with Crippen LogP contribution in [0.4, 0.5) is 0 Å². The zero-order valence-corrected chi connectivity index (χ0v) is 8.05. The quantitative estimate of drug-likeness (QED) is 0.502. The van der Waals surface area contributed by atoms with Gasteiger partial charge in [-0.05, 0) is 26.3 Å². The zero-order valence-electron chi connectivity index (χ0n) is 8.05. The molecule has 0 spiro atoms. The fourth-order valence-corrected chi connectivity index (χ4v) is 1.67. The highest BCUT2D eigenvalue weighted by molar-refractivity contribution is 4.75. The van der Waals surface area contributed by atoms with Crippen molar-refractivity contribution >= 4 is 0 Å². The van der Waals surface area contributed by atoms with Gasteiger partial charge in [0, 0.05) is 25.7 Å². The molecule has 0 aliphatic carbocycles. The highest BCUT2D eigenvalue weighted by Gasteiger charge is 2.13. The second kappa shape index (κ2) is 5.33. The van der Waals surface area contributed by atoms with Gasteiger partial charge in [-0.2, -0.15) is 0 Å². The van der Waals surface area contributed by atoms with Crippen LogP contribution >= 0.6 is 0 Å². The third-order valence-electron chi connectivity index (χ3n) is 2.34. The van der Waals surface area contributed by atoms with Crippen molar-refractivity contribution in [2.24, 2.45) is 0 Å². The molecule has 1 atom stereocenters. The number of piperazine rings is 1. The summed E-state index contributed by atoms with van der Waals surface area (Å²) >= 11 is 0. The molecule has 2 heteroatoms. The first-order valence-electron chi connectivity index (χ1n) is 4.89. The van der Waals surface area contributed by atoms with Crippen molar-refractivity contribution in [1.82, 2.24) is 10.2 Å². The van der Waals surface area contributed by atoms with Crippen molar-refractivity contribution in [3.8, 4) is 0 Å². The molecule has 0 saturated carbocycles. The lowest BCUT2D eigenvalue weighted by Gasteiger charge is -2.31. The maximum absolute atomic E-state index is 3.73. The number of nitrogens with one attached hydrogen (secondary N) is 1. The summed E-state index contributed by atoms with van der Waals surface area (Å²) in [5.74, 6) is 0. The van der Waals surface area contributed by atoms with Gasteiger partial charge in [0.25, 0.3) is 0 Å². The fourth-order valence-electron chi connectivity index (χ4n) is 1.67. The molecule has 0 aromatic rings. The van der Waals surface area contributed by atoms with E-state index in [0.717, 1.165) is 13.0 Å². The number of rotatable bonds is 4. The molecule has 1 rings (SSSR count). The third kappa shape index (κ3) is 3.37. The van der Waals surface area contributed by atoms with Gasteiger partial charge in [-0.1, -0.05) is 6.08 Å². The van der Waals surface area contributed by atoms with Gasteiger partial charge in [-0.3, -0.25) is 0 Å². The Kier molecular flexibility index (Phi) is 4.33. The molecular formula is C10H20N2. The molecule has 70 valence electrons. The van der Waals surface area contributed by atoms with Crippen LogP contribution in [0.25, 0.3) is 0 Å². The lowest BCUT2D eigenvalue weighted by atomic mass is 10.2. The zero-order chi connectivity index (χ0) is 8.81. The number of allylic oxidation sites excluding steroid dienone is 1. The summed E-state index contributed by atoms with van der Waals surface area (Å²) in [6.45, 7) is 10.8. The molecule has 1 N–H and O–H groups in total. The van der Waals surface area contributed by atoms with Gasteiger partial charge in [0.2, 0.25) is 0 Å². The Hall–Kier alpha value is -0.340. The van der Waals surface area contributed by atoms with Gasteiger partial charge >= 0.3 is 0 Å². The number of nitrogens with zero attached hydrogens (tertiary/aromatic N) is 1. The molecule has 0 aromatic heterocycles. The Morgan fingerprint density at radius 2 is 2.50 bits per heavy atom. The lowest BCUT2D eigenvalue weighted by Crippen LogP contribution is -2.49. The number of hydrogen-bond acceptors (Lipinski definition) is 2. The molecule has 2 nitrogen and oxygen atoms in total. The smallest absolute Gasteiger partial charge is 0.0167 e. The van der Waals surface area contributed by atoms with Gasteiger partial charge in [-0.25, -0.2) is 0 Å². The molecule has 1 heterocycles. The van der Waals surface area contributed by atoms with Crippen molar-refractivity contribution in [3.05, 3.63) is 12.7 Å². The molecule has 1 unspecified atom stereocenters. The van der Waals surface area contributed by atoms with Crippen LogP contribution in [0.15, 0.2) is 12.7 Å². The van der Waals surface area contributed by atoms with Crippen LogP contribution in [0.2, 0.25) is 0 Å². The van der Waals surface area contributed by atoms with E-state index in [1.54, 1.807) is 0 Å². The van der Waals surface area contributed by atoms with Gasteiger partial charge in [0.15, 0.2) is 0 Å².